The first-order valence-electron chi connectivity index (χ1n) is 23.7. The molecule has 0 fully saturated rings. The number of aliphatic carboxylic acids is 3. The van der Waals surface area contributed by atoms with Crippen LogP contribution >= 0.6 is 34.0 Å². The number of pyridine rings is 3. The molecule has 9 heterocycles. The Morgan fingerprint density at radius 2 is 0.805 bits per heavy atom. The predicted molar refractivity (Wildman–Crippen MR) is 290 cm³/mol. The fourth-order valence-electron chi connectivity index (χ4n) is 9.37. The number of carbonyl (C=O) groups excluding carboxylic acids is 4. The molecule has 31 heteroatoms. The van der Waals surface area contributed by atoms with Gasteiger partial charge in [-0.3, -0.25) is 67.0 Å². The molecular formula is C51H42N10O18S3. The van der Waals surface area contributed by atoms with Crippen molar-refractivity contribution < 1.29 is 73.6 Å². The van der Waals surface area contributed by atoms with E-state index in [1.807, 2.05) is 0 Å². The summed E-state index contributed by atoms with van der Waals surface area (Å²) in [6, 6.07) is 13.0. The Balaban J connectivity index is 0.000000147. The second kappa shape index (κ2) is 23.2. The maximum Gasteiger partial charge on any atom is 0.322 e. The molecule has 422 valence electrons. The summed E-state index contributed by atoms with van der Waals surface area (Å²) < 4.78 is 21.4. The molecule has 82 heavy (non-hydrogen) atoms. The van der Waals surface area contributed by atoms with E-state index in [0.717, 1.165) is 14.6 Å². The van der Waals surface area contributed by atoms with Gasteiger partial charge in [-0.25, -0.2) is 0 Å². The maximum atomic E-state index is 13.1. The van der Waals surface area contributed by atoms with Crippen molar-refractivity contribution in [1.82, 2.24) is 50.8 Å². The van der Waals surface area contributed by atoms with E-state index in [0.29, 0.717) is 33.8 Å². The number of aromatic hydroxyl groups is 3. The minimum atomic E-state index is -1.51. The van der Waals surface area contributed by atoms with Crippen molar-refractivity contribution in [1.29, 1.82) is 0 Å². The number of para-hydroxylation sites is 3. The number of hydrogen-bond donors (Lipinski definition) is 9. The van der Waals surface area contributed by atoms with Gasteiger partial charge >= 0.3 is 11.9 Å². The summed E-state index contributed by atoms with van der Waals surface area (Å²) in [5.41, 5.74) is 2.25. The molecule has 0 radical (unpaired) electrons. The van der Waals surface area contributed by atoms with Gasteiger partial charge in [-0.1, -0.05) is 18.2 Å². The van der Waals surface area contributed by atoms with Crippen molar-refractivity contribution in [2.45, 2.75) is 18.1 Å². The van der Waals surface area contributed by atoms with Crippen LogP contribution in [0.15, 0.2) is 104 Å². The van der Waals surface area contributed by atoms with Crippen LogP contribution in [-0.4, -0.2) is 129 Å². The first-order valence-corrected chi connectivity index (χ1v) is 26.3. The standard InChI is InChI=1S/3C17H13N3O6S.H3N/c3*21-12(22)5-19-16(24)13-15(23)8-2-1-3-10-14(8)20(17(13)25)9(6-26-10)11-4-18-7-27-11;/h3*1-4,7,9,23H,5-6H2,(H,19,24)(H,21,22);1H3. The van der Waals surface area contributed by atoms with Gasteiger partial charge in [0, 0.05) is 34.7 Å². The van der Waals surface area contributed by atoms with E-state index >= 15 is 0 Å². The van der Waals surface area contributed by atoms with E-state index in [2.05, 4.69) is 30.9 Å². The van der Waals surface area contributed by atoms with Gasteiger partial charge in [0.1, 0.15) is 102 Å². The third kappa shape index (κ3) is 10.3. The Bertz CT molecular complexity index is 3800. The number of thiazole rings is 3. The van der Waals surface area contributed by atoms with Gasteiger partial charge in [-0.2, -0.15) is 0 Å². The Kier molecular flexibility index (Phi) is 16.0. The van der Waals surface area contributed by atoms with Crippen LogP contribution in [0.25, 0.3) is 32.7 Å². The first kappa shape index (κ1) is 56.5. The van der Waals surface area contributed by atoms with Crippen molar-refractivity contribution in [3.8, 4) is 34.5 Å². The smallest absolute Gasteiger partial charge is 0.322 e. The van der Waals surface area contributed by atoms with E-state index in [9.17, 15) is 63.6 Å². The van der Waals surface area contributed by atoms with Gasteiger partial charge in [0.25, 0.3) is 34.4 Å². The SMILES string of the molecule is O=C(O)CNC(=O)c1c(O)c2cccc3c2n(c1=O)C(c1cncs1)CO3.O=C(O)CNC(=O)c1c(O)c2cccc3c2n(c1=O)C(c1cncs1)CO3.O=C([O-])CNC(=O)c1c(O)c2cccc3c2n(c1=O)C(c1cncs1)CO3.[NH4+]. The Hall–Kier alpha value is -10.2. The fraction of sp³-hybridized carbons (Fsp3) is 0.176. The molecule has 3 atom stereocenters. The monoisotopic (exact) mass is 1180 g/mol. The number of carboxylic acid groups (broad SMARTS) is 3. The second-order valence-corrected chi connectivity index (χ2v) is 20.3. The highest BCUT2D eigenvalue weighted by Crippen LogP contribution is 2.42. The second-order valence-electron chi connectivity index (χ2n) is 17.6. The molecule has 0 spiro atoms. The highest BCUT2D eigenvalue weighted by atomic mass is 32.1. The molecule has 0 bridgehead atoms. The molecule has 3 aliphatic rings. The molecule has 12 N–H and O–H groups in total. The summed E-state index contributed by atoms with van der Waals surface area (Å²) in [6.07, 6.45) is 4.83. The summed E-state index contributed by atoms with van der Waals surface area (Å²) in [5.74, 6) is -7.25. The van der Waals surface area contributed by atoms with Gasteiger partial charge < -0.3 is 71.7 Å². The molecule has 0 aliphatic carbocycles. The highest BCUT2D eigenvalue weighted by Gasteiger charge is 2.35. The quantitative estimate of drug-likeness (QED) is 0.0843. The van der Waals surface area contributed by atoms with Crippen LogP contribution in [0.1, 0.15) is 63.8 Å². The lowest BCUT2D eigenvalue weighted by Gasteiger charge is -2.28. The zero-order valence-corrected chi connectivity index (χ0v) is 44.5. The molecule has 9 aromatic rings. The predicted octanol–water partition coefficient (Wildman–Crippen LogP) is 1.92. The highest BCUT2D eigenvalue weighted by molar-refractivity contribution is 7.10. The Morgan fingerprint density at radius 1 is 0.512 bits per heavy atom. The molecule has 6 aromatic heterocycles. The van der Waals surface area contributed by atoms with E-state index in [1.54, 1.807) is 89.7 Å². The van der Waals surface area contributed by atoms with Crippen LogP contribution < -0.4 is 58.1 Å². The molecular weight excluding hydrogens is 1140 g/mol. The number of ether oxygens (including phenoxy) is 3. The van der Waals surface area contributed by atoms with Gasteiger partial charge in [0.2, 0.25) is 0 Å². The number of carboxylic acids is 3. The van der Waals surface area contributed by atoms with Gasteiger partial charge in [0.05, 0.1) is 60.2 Å². The molecule has 28 nitrogen and oxygen atoms in total. The molecule has 12 rings (SSSR count). The van der Waals surface area contributed by atoms with Crippen molar-refractivity contribution in [3.63, 3.8) is 0 Å². The van der Waals surface area contributed by atoms with E-state index in [4.69, 9.17) is 24.4 Å². The topological polar surface area (TPSA) is 432 Å². The molecule has 3 aliphatic heterocycles. The largest absolute Gasteiger partial charge is 0.548 e. The number of nitrogens with zero attached hydrogens (tertiary/aromatic N) is 6. The van der Waals surface area contributed by atoms with Gasteiger partial charge in [0.15, 0.2) is 0 Å². The number of aromatic nitrogens is 6. The number of nitrogens with one attached hydrogen (secondary N) is 3. The minimum absolute atomic E-state index is 0. The summed E-state index contributed by atoms with van der Waals surface area (Å²) in [6.45, 7) is -1.64. The van der Waals surface area contributed by atoms with Gasteiger partial charge in [-0.05, 0) is 36.4 Å². The molecule has 3 unspecified atom stereocenters. The Morgan fingerprint density at radius 3 is 1.06 bits per heavy atom. The van der Waals surface area contributed by atoms with Crippen LogP contribution in [0, 0.1) is 0 Å². The van der Waals surface area contributed by atoms with E-state index < -0.39 is 124 Å². The minimum Gasteiger partial charge on any atom is -0.548 e. The number of quaternary nitrogens is 1. The van der Waals surface area contributed by atoms with Gasteiger partial charge in [-0.15, -0.1) is 34.0 Å². The first-order chi connectivity index (χ1) is 39.0. The summed E-state index contributed by atoms with van der Waals surface area (Å²) in [5, 5.41) is 66.9. The van der Waals surface area contributed by atoms with Crippen LogP contribution in [0.4, 0.5) is 0 Å². The normalized spacial score (nSPS) is 15.1. The van der Waals surface area contributed by atoms with Crippen LogP contribution in [-0.2, 0) is 14.4 Å². The Labute approximate surface area is 468 Å². The average Bonchev–Trinajstić information content (AvgIpc) is 4.06. The number of hydrogen-bond acceptors (Lipinski definition) is 22. The lowest BCUT2D eigenvalue weighted by atomic mass is 10.1. The molecule has 0 saturated heterocycles. The summed E-state index contributed by atoms with van der Waals surface area (Å²) in [4.78, 5) is 123. The number of amides is 3. The number of carbonyl (C=O) groups is 6. The average molecular weight is 1180 g/mol. The zero-order chi connectivity index (χ0) is 57.4. The third-order valence-corrected chi connectivity index (χ3v) is 15.5. The third-order valence-electron chi connectivity index (χ3n) is 12.8. The van der Waals surface area contributed by atoms with Crippen molar-refractivity contribution in [2.24, 2.45) is 0 Å². The van der Waals surface area contributed by atoms with E-state index in [-0.39, 0.29) is 42.1 Å². The number of rotatable bonds is 12. The van der Waals surface area contributed by atoms with Crippen LogP contribution in [0.5, 0.6) is 34.5 Å². The fourth-order valence-corrected chi connectivity index (χ4v) is 11.5. The van der Waals surface area contributed by atoms with Crippen LogP contribution in [0.3, 0.4) is 0 Å². The summed E-state index contributed by atoms with van der Waals surface area (Å²) in [7, 11) is 0. The summed E-state index contributed by atoms with van der Waals surface area (Å²) >= 11 is 4.01. The molecule has 0 saturated carbocycles. The van der Waals surface area contributed by atoms with E-state index in [1.165, 1.54) is 47.7 Å². The molecule has 3 amide bonds. The molecule has 3 aromatic carbocycles. The zero-order valence-electron chi connectivity index (χ0n) is 42.1. The number of benzene rings is 3. The van der Waals surface area contributed by atoms with Crippen molar-refractivity contribution >= 4 is 102 Å². The van der Waals surface area contributed by atoms with Crippen LogP contribution in [0.2, 0.25) is 0 Å². The maximum absolute atomic E-state index is 13.1. The lowest BCUT2D eigenvalue weighted by Crippen LogP contribution is -2.41. The lowest BCUT2D eigenvalue weighted by molar-refractivity contribution is -0.303. The van der Waals surface area contributed by atoms with Crippen molar-refractivity contribution in [3.05, 3.63) is 152 Å². The van der Waals surface area contributed by atoms with Crippen molar-refractivity contribution in [2.75, 3.05) is 39.5 Å².